The van der Waals surface area contributed by atoms with E-state index < -0.39 is 12.1 Å². The Morgan fingerprint density at radius 3 is 2.54 bits per heavy atom. The first-order valence-electron chi connectivity index (χ1n) is 3.76. The summed E-state index contributed by atoms with van der Waals surface area (Å²) in [6, 6.07) is 3.99. The number of hydrogen-bond donors (Lipinski definition) is 3. The molecule has 0 amide bonds. The molecule has 70 valence electrons. The van der Waals surface area contributed by atoms with Crippen molar-refractivity contribution in [3.63, 3.8) is 0 Å². The Balaban J connectivity index is 3.19. The van der Waals surface area contributed by atoms with Crippen LogP contribution in [-0.4, -0.2) is 21.3 Å². The Labute approximate surface area is 75.1 Å². The normalized spacial score (nSPS) is 12.5. The third-order valence-corrected chi connectivity index (χ3v) is 1.73. The molecule has 3 N–H and O–H groups in total. The van der Waals surface area contributed by atoms with Crippen molar-refractivity contribution in [2.24, 2.45) is 0 Å². The lowest BCUT2D eigenvalue weighted by atomic mass is 10.1. The number of rotatable bonds is 2. The van der Waals surface area contributed by atoms with Crippen molar-refractivity contribution >= 4 is 5.97 Å². The van der Waals surface area contributed by atoms with Gasteiger partial charge in [0.2, 0.25) is 0 Å². The molecule has 0 spiro atoms. The third kappa shape index (κ3) is 1.97. The summed E-state index contributed by atoms with van der Waals surface area (Å²) in [7, 11) is 0. The van der Waals surface area contributed by atoms with Gasteiger partial charge >= 0.3 is 5.97 Å². The number of phenols is 1. The summed E-state index contributed by atoms with van der Waals surface area (Å²) in [5, 5.41) is 26.9. The fourth-order valence-corrected chi connectivity index (χ4v) is 0.985. The van der Waals surface area contributed by atoms with Gasteiger partial charge < -0.3 is 15.3 Å². The Kier molecular flexibility index (Phi) is 2.53. The van der Waals surface area contributed by atoms with Crippen molar-refractivity contribution < 1.29 is 20.1 Å². The monoisotopic (exact) mass is 182 g/mol. The van der Waals surface area contributed by atoms with E-state index in [0.717, 1.165) is 0 Å². The topological polar surface area (TPSA) is 77.8 Å². The molecule has 0 fully saturated rings. The van der Waals surface area contributed by atoms with Gasteiger partial charge in [0.25, 0.3) is 0 Å². The lowest BCUT2D eigenvalue weighted by Crippen LogP contribution is -1.99. The zero-order valence-electron chi connectivity index (χ0n) is 7.06. The van der Waals surface area contributed by atoms with Crippen molar-refractivity contribution in [1.29, 1.82) is 0 Å². The standard InChI is InChI=1S/C9H10O4/c1-5(10)6-2-3-8(11)7(4-6)9(12)13/h2-5,10-11H,1H3,(H,12,13)/t5-/m1/s1. The minimum atomic E-state index is -1.21. The summed E-state index contributed by atoms with van der Waals surface area (Å²) in [5.74, 6) is -1.50. The molecule has 1 rings (SSSR count). The zero-order chi connectivity index (χ0) is 10.0. The van der Waals surface area contributed by atoms with Crippen LogP contribution >= 0.6 is 0 Å². The minimum absolute atomic E-state index is 0.196. The predicted octanol–water partition coefficient (Wildman–Crippen LogP) is 1.14. The minimum Gasteiger partial charge on any atom is -0.507 e. The molecule has 1 aromatic carbocycles. The van der Waals surface area contributed by atoms with E-state index in [1.807, 2.05) is 0 Å². The molecule has 1 aromatic rings. The zero-order valence-corrected chi connectivity index (χ0v) is 7.06. The SMILES string of the molecule is C[C@@H](O)c1ccc(O)c(C(=O)O)c1. The van der Waals surface area contributed by atoms with Crippen molar-refractivity contribution in [3.8, 4) is 5.75 Å². The van der Waals surface area contributed by atoms with E-state index in [-0.39, 0.29) is 11.3 Å². The van der Waals surface area contributed by atoms with Crippen molar-refractivity contribution in [2.75, 3.05) is 0 Å². The first-order chi connectivity index (χ1) is 6.02. The van der Waals surface area contributed by atoms with E-state index in [0.29, 0.717) is 5.56 Å². The van der Waals surface area contributed by atoms with Crippen LogP contribution in [-0.2, 0) is 0 Å². The maximum Gasteiger partial charge on any atom is 0.339 e. The van der Waals surface area contributed by atoms with E-state index in [1.165, 1.54) is 25.1 Å². The van der Waals surface area contributed by atoms with Crippen LogP contribution in [0.1, 0.15) is 28.9 Å². The molecule has 1 atom stereocenters. The van der Waals surface area contributed by atoms with Crippen LogP contribution in [0.2, 0.25) is 0 Å². The Bertz CT molecular complexity index is 330. The summed E-state index contributed by atoms with van der Waals surface area (Å²) in [5.41, 5.74) is 0.272. The second kappa shape index (κ2) is 3.45. The van der Waals surface area contributed by atoms with Gasteiger partial charge in [0.15, 0.2) is 0 Å². The number of carboxylic acids is 1. The van der Waals surface area contributed by atoms with Gasteiger partial charge in [0, 0.05) is 0 Å². The Hall–Kier alpha value is -1.55. The van der Waals surface area contributed by atoms with Gasteiger partial charge in [-0.2, -0.15) is 0 Å². The number of carbonyl (C=O) groups is 1. The highest BCUT2D eigenvalue weighted by atomic mass is 16.4. The first kappa shape index (κ1) is 9.54. The molecule has 13 heavy (non-hydrogen) atoms. The molecule has 0 aliphatic carbocycles. The van der Waals surface area contributed by atoms with Crippen molar-refractivity contribution in [1.82, 2.24) is 0 Å². The number of hydrogen-bond acceptors (Lipinski definition) is 3. The van der Waals surface area contributed by atoms with Gasteiger partial charge in [-0.25, -0.2) is 4.79 Å². The van der Waals surface area contributed by atoms with E-state index in [9.17, 15) is 4.79 Å². The highest BCUT2D eigenvalue weighted by Gasteiger charge is 2.11. The Morgan fingerprint density at radius 1 is 1.46 bits per heavy atom. The van der Waals surface area contributed by atoms with E-state index in [2.05, 4.69) is 0 Å². The second-order valence-corrected chi connectivity index (χ2v) is 2.76. The molecule has 4 nitrogen and oxygen atoms in total. The van der Waals surface area contributed by atoms with Crippen LogP contribution < -0.4 is 0 Å². The fraction of sp³-hybridized carbons (Fsp3) is 0.222. The smallest absolute Gasteiger partial charge is 0.339 e. The van der Waals surface area contributed by atoms with Crippen molar-refractivity contribution in [2.45, 2.75) is 13.0 Å². The number of aliphatic hydroxyl groups excluding tert-OH is 1. The van der Waals surface area contributed by atoms with Gasteiger partial charge in [-0.1, -0.05) is 6.07 Å². The van der Waals surface area contributed by atoms with E-state index in [1.54, 1.807) is 0 Å². The molecule has 0 saturated carbocycles. The Morgan fingerprint density at radius 2 is 2.08 bits per heavy atom. The van der Waals surface area contributed by atoms with Gasteiger partial charge in [0.1, 0.15) is 11.3 Å². The highest BCUT2D eigenvalue weighted by Crippen LogP contribution is 2.21. The summed E-state index contributed by atoms with van der Waals surface area (Å²) in [6.07, 6.45) is -0.737. The maximum absolute atomic E-state index is 10.6. The number of aliphatic hydroxyl groups is 1. The number of aromatic carboxylic acids is 1. The molecule has 0 unspecified atom stereocenters. The molecule has 0 aliphatic rings. The number of carboxylic acid groups (broad SMARTS) is 1. The van der Waals surface area contributed by atoms with Crippen LogP contribution in [0.25, 0.3) is 0 Å². The summed E-state index contributed by atoms with van der Waals surface area (Å²) >= 11 is 0. The largest absolute Gasteiger partial charge is 0.507 e. The fourth-order valence-electron chi connectivity index (χ4n) is 0.985. The lowest BCUT2D eigenvalue weighted by Gasteiger charge is -2.06. The first-order valence-corrected chi connectivity index (χ1v) is 3.76. The van der Waals surface area contributed by atoms with Gasteiger partial charge in [0.05, 0.1) is 6.10 Å². The third-order valence-electron chi connectivity index (χ3n) is 1.73. The molecule has 0 aliphatic heterocycles. The molecule has 4 heteroatoms. The molecule has 0 saturated heterocycles. The van der Waals surface area contributed by atoms with Crippen molar-refractivity contribution in [3.05, 3.63) is 29.3 Å². The van der Waals surface area contributed by atoms with E-state index >= 15 is 0 Å². The summed E-state index contributed by atoms with van der Waals surface area (Å²) < 4.78 is 0. The molecular weight excluding hydrogens is 172 g/mol. The molecule has 0 bridgehead atoms. The highest BCUT2D eigenvalue weighted by molar-refractivity contribution is 5.90. The molecule has 0 heterocycles. The predicted molar refractivity (Wildman–Crippen MR) is 45.7 cm³/mol. The van der Waals surface area contributed by atoms with Crippen LogP contribution in [0.3, 0.4) is 0 Å². The maximum atomic E-state index is 10.6. The summed E-state index contributed by atoms with van der Waals surface area (Å²) in [4.78, 5) is 10.6. The molecule has 0 radical (unpaired) electrons. The number of aromatic hydroxyl groups is 1. The molecular formula is C9H10O4. The van der Waals surface area contributed by atoms with Crippen LogP contribution in [0.4, 0.5) is 0 Å². The summed E-state index contributed by atoms with van der Waals surface area (Å²) in [6.45, 7) is 1.53. The quantitative estimate of drug-likeness (QED) is 0.641. The van der Waals surface area contributed by atoms with Gasteiger partial charge in [-0.15, -0.1) is 0 Å². The van der Waals surface area contributed by atoms with Crippen LogP contribution in [0.5, 0.6) is 5.75 Å². The van der Waals surface area contributed by atoms with Gasteiger partial charge in [-0.3, -0.25) is 0 Å². The van der Waals surface area contributed by atoms with Crippen LogP contribution in [0, 0.1) is 0 Å². The molecule has 0 aromatic heterocycles. The average molecular weight is 182 g/mol. The average Bonchev–Trinajstić information content (AvgIpc) is 2.04. The van der Waals surface area contributed by atoms with E-state index in [4.69, 9.17) is 15.3 Å². The van der Waals surface area contributed by atoms with Gasteiger partial charge in [-0.05, 0) is 24.6 Å². The number of benzene rings is 1. The second-order valence-electron chi connectivity index (χ2n) is 2.76. The lowest BCUT2D eigenvalue weighted by molar-refractivity contribution is 0.0693. The van der Waals surface area contributed by atoms with Crippen LogP contribution in [0.15, 0.2) is 18.2 Å².